The summed E-state index contributed by atoms with van der Waals surface area (Å²) in [6, 6.07) is 5.05. The number of hydrogen-bond acceptors (Lipinski definition) is 8. The van der Waals surface area contributed by atoms with Gasteiger partial charge in [-0.05, 0) is 44.2 Å². The fourth-order valence-corrected chi connectivity index (χ4v) is 5.05. The highest BCUT2D eigenvalue weighted by atomic mass is 16.2. The highest BCUT2D eigenvalue weighted by molar-refractivity contribution is 6.25. The number of benzene rings is 1. The molecule has 4 N–H and O–H groups in total. The molecule has 5 rings (SSSR count). The van der Waals surface area contributed by atoms with Crippen molar-refractivity contribution in [1.29, 1.82) is 0 Å². The van der Waals surface area contributed by atoms with E-state index < -0.39 is 29.7 Å². The molecule has 35 heavy (non-hydrogen) atoms. The smallest absolute Gasteiger partial charge is 0.264 e. The maximum absolute atomic E-state index is 13.2. The molecule has 3 heterocycles. The predicted octanol–water partition coefficient (Wildman–Crippen LogP) is 1.04. The van der Waals surface area contributed by atoms with Crippen LogP contribution in [0.2, 0.25) is 0 Å². The topological polar surface area (TPSA) is 137 Å². The van der Waals surface area contributed by atoms with Crippen molar-refractivity contribution >= 4 is 35.5 Å². The lowest BCUT2D eigenvalue weighted by Crippen LogP contribution is -2.54. The average molecular weight is 479 g/mol. The number of hydrogen-bond donors (Lipinski definition) is 3. The first-order valence-corrected chi connectivity index (χ1v) is 12.2. The highest BCUT2D eigenvalue weighted by Gasteiger charge is 2.45. The van der Waals surface area contributed by atoms with Gasteiger partial charge >= 0.3 is 0 Å². The van der Waals surface area contributed by atoms with E-state index >= 15 is 0 Å². The summed E-state index contributed by atoms with van der Waals surface area (Å²) in [4.78, 5) is 58.2. The van der Waals surface area contributed by atoms with Gasteiger partial charge in [-0.25, -0.2) is 0 Å². The molecule has 0 spiro atoms. The summed E-state index contributed by atoms with van der Waals surface area (Å²) in [6.07, 6.45) is 8.20. The van der Waals surface area contributed by atoms with Crippen molar-refractivity contribution in [2.75, 3.05) is 25.0 Å². The Kier molecular flexibility index (Phi) is 6.38. The van der Waals surface area contributed by atoms with E-state index in [-0.39, 0.29) is 30.0 Å². The van der Waals surface area contributed by atoms with Gasteiger partial charge in [0, 0.05) is 55.8 Å². The minimum atomic E-state index is -0.995. The van der Waals surface area contributed by atoms with Gasteiger partial charge in [-0.2, -0.15) is 0 Å². The summed E-state index contributed by atoms with van der Waals surface area (Å²) >= 11 is 0. The molecule has 2 saturated heterocycles. The zero-order valence-electron chi connectivity index (χ0n) is 19.5. The molecule has 0 aromatic heterocycles. The molecular formula is C25H30N6O4. The maximum Gasteiger partial charge on any atom is 0.264 e. The Morgan fingerprint density at radius 3 is 2.54 bits per heavy atom. The van der Waals surface area contributed by atoms with E-state index in [1.165, 1.54) is 19.0 Å². The minimum Gasteiger partial charge on any atom is -0.404 e. The summed E-state index contributed by atoms with van der Waals surface area (Å²) in [5.41, 5.74) is 7.54. The van der Waals surface area contributed by atoms with Gasteiger partial charge in [0.15, 0.2) is 0 Å². The number of nitrogens with two attached hydrogens (primary N) is 1. The fraction of sp³-hybridized carbons (Fsp3) is 0.480. The van der Waals surface area contributed by atoms with Crippen molar-refractivity contribution in [2.45, 2.75) is 56.7 Å². The first kappa shape index (κ1) is 23.2. The molecule has 1 aliphatic carbocycles. The Bertz CT molecular complexity index is 1120. The quantitative estimate of drug-likeness (QED) is 0.393. The SMILES string of the molecule is NC=C(C=NC1CCN(C2CC2)CC1)CNc1cccc2c1C(=O)N(C1CCC(=O)NC1=O)C2=O. The van der Waals surface area contributed by atoms with Crippen molar-refractivity contribution in [3.05, 3.63) is 41.1 Å². The number of imide groups is 2. The van der Waals surface area contributed by atoms with E-state index in [2.05, 4.69) is 15.5 Å². The summed E-state index contributed by atoms with van der Waals surface area (Å²) in [6.45, 7) is 2.50. The van der Waals surface area contributed by atoms with Crippen LogP contribution in [0.15, 0.2) is 35.0 Å². The Balaban J connectivity index is 1.23. The number of aliphatic imine (C=N–C) groups is 1. The number of nitrogens with one attached hydrogen (secondary N) is 2. The number of nitrogens with zero attached hydrogens (tertiary/aromatic N) is 3. The van der Waals surface area contributed by atoms with E-state index in [1.807, 2.05) is 0 Å². The van der Waals surface area contributed by atoms with Crippen LogP contribution in [-0.2, 0) is 9.59 Å². The van der Waals surface area contributed by atoms with Crippen LogP contribution in [0.3, 0.4) is 0 Å². The van der Waals surface area contributed by atoms with E-state index in [4.69, 9.17) is 10.7 Å². The van der Waals surface area contributed by atoms with Crippen molar-refractivity contribution in [2.24, 2.45) is 10.7 Å². The first-order chi connectivity index (χ1) is 17.0. The summed E-state index contributed by atoms with van der Waals surface area (Å²) < 4.78 is 0. The Hall–Kier alpha value is -3.53. The van der Waals surface area contributed by atoms with Crippen LogP contribution in [0.4, 0.5) is 5.69 Å². The zero-order chi connectivity index (χ0) is 24.5. The van der Waals surface area contributed by atoms with E-state index in [0.717, 1.165) is 42.4 Å². The van der Waals surface area contributed by atoms with Crippen molar-refractivity contribution in [1.82, 2.24) is 15.1 Å². The molecule has 1 aromatic rings. The number of anilines is 1. The predicted molar refractivity (Wildman–Crippen MR) is 130 cm³/mol. The second kappa shape index (κ2) is 9.61. The van der Waals surface area contributed by atoms with Crippen LogP contribution >= 0.6 is 0 Å². The van der Waals surface area contributed by atoms with Crippen LogP contribution in [-0.4, -0.2) is 77.4 Å². The van der Waals surface area contributed by atoms with Crippen molar-refractivity contribution in [3.63, 3.8) is 0 Å². The van der Waals surface area contributed by atoms with Gasteiger partial charge in [-0.1, -0.05) is 6.07 Å². The molecule has 0 radical (unpaired) electrons. The van der Waals surface area contributed by atoms with Gasteiger partial charge < -0.3 is 16.0 Å². The van der Waals surface area contributed by atoms with Crippen LogP contribution in [0.1, 0.15) is 59.2 Å². The van der Waals surface area contributed by atoms with Crippen LogP contribution in [0.25, 0.3) is 0 Å². The lowest BCUT2D eigenvalue weighted by Gasteiger charge is -2.30. The third kappa shape index (κ3) is 4.70. The molecule has 10 heteroatoms. The number of carbonyl (C=O) groups is 4. The van der Waals surface area contributed by atoms with E-state index in [0.29, 0.717) is 12.2 Å². The highest BCUT2D eigenvalue weighted by Crippen LogP contribution is 2.32. The molecule has 1 saturated carbocycles. The molecular weight excluding hydrogens is 448 g/mol. The second-order valence-corrected chi connectivity index (χ2v) is 9.55. The third-order valence-electron chi connectivity index (χ3n) is 7.18. The van der Waals surface area contributed by atoms with E-state index in [9.17, 15) is 19.2 Å². The number of amides is 4. The van der Waals surface area contributed by atoms with Gasteiger partial charge in [0.25, 0.3) is 11.8 Å². The van der Waals surface area contributed by atoms with Crippen LogP contribution in [0, 0.1) is 0 Å². The average Bonchev–Trinajstić information content (AvgIpc) is 3.67. The molecule has 4 aliphatic rings. The molecule has 3 fully saturated rings. The summed E-state index contributed by atoms with van der Waals surface area (Å²) in [5.74, 6) is -2.10. The first-order valence-electron chi connectivity index (χ1n) is 12.2. The number of carbonyl (C=O) groups excluding carboxylic acids is 4. The summed E-state index contributed by atoms with van der Waals surface area (Å²) in [7, 11) is 0. The number of rotatable bonds is 7. The Morgan fingerprint density at radius 1 is 1.09 bits per heavy atom. The van der Waals surface area contributed by atoms with Crippen molar-refractivity contribution in [3.8, 4) is 0 Å². The number of fused-ring (bicyclic) bond motifs is 1. The molecule has 184 valence electrons. The molecule has 4 amide bonds. The van der Waals surface area contributed by atoms with Crippen molar-refractivity contribution < 1.29 is 19.2 Å². The van der Waals surface area contributed by atoms with Gasteiger partial charge in [-0.15, -0.1) is 0 Å². The van der Waals surface area contributed by atoms with E-state index in [1.54, 1.807) is 24.4 Å². The monoisotopic (exact) mass is 478 g/mol. The molecule has 0 bridgehead atoms. The van der Waals surface area contributed by atoms with Gasteiger partial charge in [0.05, 0.1) is 17.2 Å². The van der Waals surface area contributed by atoms with Gasteiger partial charge in [0.1, 0.15) is 6.04 Å². The molecule has 10 nitrogen and oxygen atoms in total. The Labute approximate surface area is 203 Å². The Morgan fingerprint density at radius 2 is 1.86 bits per heavy atom. The van der Waals surface area contributed by atoms with Gasteiger partial charge in [-0.3, -0.25) is 34.4 Å². The molecule has 1 aromatic carbocycles. The van der Waals surface area contributed by atoms with Crippen LogP contribution in [0.5, 0.6) is 0 Å². The maximum atomic E-state index is 13.2. The molecule has 1 atom stereocenters. The molecule has 3 aliphatic heterocycles. The van der Waals surface area contributed by atoms with Crippen LogP contribution < -0.4 is 16.4 Å². The standard InChI is InChI=1S/C25H30N6O4/c26-12-15(13-27-16-8-10-30(11-9-16)17-4-5-17)14-28-19-3-1-2-18-22(19)25(35)31(24(18)34)20-6-7-21(32)29-23(20)33/h1-3,12-13,16-17,20,28H,4-11,14,26H2,(H,29,32,33). The minimum absolute atomic E-state index is 0.0819. The lowest BCUT2D eigenvalue weighted by molar-refractivity contribution is -0.136. The lowest BCUT2D eigenvalue weighted by atomic mass is 10.0. The van der Waals surface area contributed by atoms with Gasteiger partial charge in [0.2, 0.25) is 11.8 Å². The largest absolute Gasteiger partial charge is 0.404 e. The molecule has 1 unspecified atom stereocenters. The second-order valence-electron chi connectivity index (χ2n) is 9.55. The number of likely N-dealkylation sites (tertiary alicyclic amines) is 1. The fourth-order valence-electron chi connectivity index (χ4n) is 5.05. The zero-order valence-corrected chi connectivity index (χ0v) is 19.5. The number of piperidine rings is 2. The third-order valence-corrected chi connectivity index (χ3v) is 7.18. The normalized spacial score (nSPS) is 24.3. The summed E-state index contributed by atoms with van der Waals surface area (Å²) in [5, 5.41) is 5.41.